The number of nitrogens with zero attached hydrogens (tertiary/aromatic N) is 2. The summed E-state index contributed by atoms with van der Waals surface area (Å²) in [4.78, 5) is 50.6. The highest BCUT2D eigenvalue weighted by Gasteiger charge is 2.31. The Morgan fingerprint density at radius 3 is 2.24 bits per heavy atom. The Morgan fingerprint density at radius 2 is 1.64 bits per heavy atom. The molecule has 1 aromatic carbocycles. The van der Waals surface area contributed by atoms with Gasteiger partial charge in [0.2, 0.25) is 5.91 Å². The molecule has 8 nitrogen and oxygen atoms in total. The highest BCUT2D eigenvalue weighted by Crippen LogP contribution is 2.11. The summed E-state index contributed by atoms with van der Waals surface area (Å²) >= 11 is 0. The van der Waals surface area contributed by atoms with Gasteiger partial charge in [-0.05, 0) is 18.6 Å². The number of rotatable bonds is 4. The van der Waals surface area contributed by atoms with Crippen LogP contribution in [-0.4, -0.2) is 65.8 Å². The number of urea groups is 1. The van der Waals surface area contributed by atoms with Gasteiger partial charge in [-0.15, -0.1) is 0 Å². The smallest absolute Gasteiger partial charge is 0.322 e. The molecule has 0 aromatic heterocycles. The van der Waals surface area contributed by atoms with E-state index in [1.807, 2.05) is 18.2 Å². The van der Waals surface area contributed by atoms with Crippen molar-refractivity contribution in [3.05, 3.63) is 35.9 Å². The van der Waals surface area contributed by atoms with Gasteiger partial charge < -0.3 is 15.1 Å². The lowest BCUT2D eigenvalue weighted by Gasteiger charge is -2.35. The molecule has 0 spiro atoms. The molecule has 2 N–H and O–H groups in total. The monoisotopic (exact) mass is 344 g/mol. The summed E-state index contributed by atoms with van der Waals surface area (Å²) in [6, 6.07) is 7.91. The van der Waals surface area contributed by atoms with Gasteiger partial charge in [-0.2, -0.15) is 0 Å². The van der Waals surface area contributed by atoms with Gasteiger partial charge in [0.1, 0.15) is 6.04 Å². The topological polar surface area (TPSA) is 98.8 Å². The largest absolute Gasteiger partial charge is 0.339 e. The second kappa shape index (κ2) is 7.33. The van der Waals surface area contributed by atoms with Crippen LogP contribution < -0.4 is 10.6 Å². The maximum absolute atomic E-state index is 12.4. The predicted octanol–water partition coefficient (Wildman–Crippen LogP) is -0.0408. The molecular formula is C17H20N4O4. The zero-order valence-corrected chi connectivity index (χ0v) is 13.7. The maximum atomic E-state index is 12.4. The molecule has 2 heterocycles. The SMILES string of the molecule is O=C1NC(=O)[C@@H](CCC(=O)N2CCN(C(=O)c3ccccc3)CC2)N1. The Morgan fingerprint density at radius 1 is 1.00 bits per heavy atom. The van der Waals surface area contributed by atoms with Crippen LogP contribution >= 0.6 is 0 Å². The molecule has 2 aliphatic rings. The molecule has 0 saturated carbocycles. The quantitative estimate of drug-likeness (QED) is 0.749. The molecular weight excluding hydrogens is 324 g/mol. The zero-order valence-electron chi connectivity index (χ0n) is 13.7. The fourth-order valence-corrected chi connectivity index (χ4v) is 3.01. The molecule has 2 aliphatic heterocycles. The number of carbonyl (C=O) groups is 4. The number of carbonyl (C=O) groups excluding carboxylic acids is 4. The summed E-state index contributed by atoms with van der Waals surface area (Å²) in [6.07, 6.45) is 0.463. The van der Waals surface area contributed by atoms with Crippen molar-refractivity contribution in [2.45, 2.75) is 18.9 Å². The van der Waals surface area contributed by atoms with Crippen molar-refractivity contribution in [3.8, 4) is 0 Å². The lowest BCUT2D eigenvalue weighted by atomic mass is 10.1. The molecule has 5 amide bonds. The van der Waals surface area contributed by atoms with E-state index in [2.05, 4.69) is 10.6 Å². The van der Waals surface area contributed by atoms with Crippen LogP contribution in [0.15, 0.2) is 30.3 Å². The van der Waals surface area contributed by atoms with Crippen molar-refractivity contribution >= 4 is 23.8 Å². The van der Waals surface area contributed by atoms with Gasteiger partial charge >= 0.3 is 6.03 Å². The Balaban J connectivity index is 1.45. The Bertz CT molecular complexity index is 683. The van der Waals surface area contributed by atoms with Crippen molar-refractivity contribution in [2.75, 3.05) is 26.2 Å². The van der Waals surface area contributed by atoms with E-state index in [1.54, 1.807) is 21.9 Å². The Labute approximate surface area is 145 Å². The molecule has 0 bridgehead atoms. The minimum Gasteiger partial charge on any atom is -0.339 e. The average molecular weight is 344 g/mol. The van der Waals surface area contributed by atoms with E-state index in [9.17, 15) is 19.2 Å². The molecule has 2 fully saturated rings. The Kier molecular flexibility index (Phi) is 4.97. The molecule has 1 aromatic rings. The van der Waals surface area contributed by atoms with E-state index >= 15 is 0 Å². The van der Waals surface area contributed by atoms with E-state index in [-0.39, 0.29) is 24.7 Å². The van der Waals surface area contributed by atoms with Crippen molar-refractivity contribution < 1.29 is 19.2 Å². The summed E-state index contributed by atoms with van der Waals surface area (Å²) < 4.78 is 0. The third-order valence-electron chi connectivity index (χ3n) is 4.45. The van der Waals surface area contributed by atoms with Gasteiger partial charge in [0.15, 0.2) is 0 Å². The minimum absolute atomic E-state index is 0.0296. The van der Waals surface area contributed by atoms with Crippen LogP contribution in [-0.2, 0) is 9.59 Å². The number of hydrogen-bond acceptors (Lipinski definition) is 4. The number of nitrogens with one attached hydrogen (secondary N) is 2. The third kappa shape index (κ3) is 3.96. The van der Waals surface area contributed by atoms with Crippen molar-refractivity contribution in [1.29, 1.82) is 0 Å². The third-order valence-corrected chi connectivity index (χ3v) is 4.45. The van der Waals surface area contributed by atoms with Gasteiger partial charge in [-0.25, -0.2) is 4.79 Å². The fraction of sp³-hybridized carbons (Fsp3) is 0.412. The van der Waals surface area contributed by atoms with Crippen LogP contribution in [0.4, 0.5) is 4.79 Å². The molecule has 0 radical (unpaired) electrons. The highest BCUT2D eigenvalue weighted by molar-refractivity contribution is 6.04. The summed E-state index contributed by atoms with van der Waals surface area (Å²) in [5.74, 6) is -0.491. The lowest BCUT2D eigenvalue weighted by molar-refractivity contribution is -0.133. The van der Waals surface area contributed by atoms with E-state index < -0.39 is 18.0 Å². The fourth-order valence-electron chi connectivity index (χ4n) is 3.01. The minimum atomic E-state index is -0.641. The zero-order chi connectivity index (χ0) is 17.8. The van der Waals surface area contributed by atoms with Crippen LogP contribution in [0.5, 0.6) is 0 Å². The molecule has 132 valence electrons. The van der Waals surface area contributed by atoms with Crippen molar-refractivity contribution in [1.82, 2.24) is 20.4 Å². The van der Waals surface area contributed by atoms with Crippen LogP contribution in [0.3, 0.4) is 0 Å². The first-order valence-electron chi connectivity index (χ1n) is 8.28. The second-order valence-electron chi connectivity index (χ2n) is 6.09. The molecule has 0 aliphatic carbocycles. The number of imide groups is 1. The highest BCUT2D eigenvalue weighted by atomic mass is 16.2. The first kappa shape index (κ1) is 16.9. The molecule has 1 atom stereocenters. The lowest BCUT2D eigenvalue weighted by Crippen LogP contribution is -2.50. The molecule has 2 saturated heterocycles. The molecule has 0 unspecified atom stereocenters. The maximum Gasteiger partial charge on any atom is 0.322 e. The van der Waals surface area contributed by atoms with Gasteiger partial charge in [-0.1, -0.05) is 18.2 Å². The van der Waals surface area contributed by atoms with Gasteiger partial charge in [0, 0.05) is 38.2 Å². The number of benzene rings is 1. The number of hydrogen-bond donors (Lipinski definition) is 2. The second-order valence-corrected chi connectivity index (χ2v) is 6.09. The van der Waals surface area contributed by atoms with Crippen LogP contribution in [0.2, 0.25) is 0 Å². The summed E-state index contributed by atoms with van der Waals surface area (Å²) in [5, 5.41) is 4.62. The van der Waals surface area contributed by atoms with Crippen LogP contribution in [0.25, 0.3) is 0 Å². The van der Waals surface area contributed by atoms with Crippen molar-refractivity contribution in [2.24, 2.45) is 0 Å². The van der Waals surface area contributed by atoms with E-state index in [1.165, 1.54) is 0 Å². The molecule has 25 heavy (non-hydrogen) atoms. The summed E-state index contributed by atoms with van der Waals surface area (Å²) in [5.41, 5.74) is 0.644. The van der Waals surface area contributed by atoms with Crippen LogP contribution in [0, 0.1) is 0 Å². The predicted molar refractivity (Wildman–Crippen MR) is 88.6 cm³/mol. The molecule has 8 heteroatoms. The first-order chi connectivity index (χ1) is 12.0. The van der Waals surface area contributed by atoms with E-state index in [4.69, 9.17) is 0 Å². The molecule has 3 rings (SSSR count). The summed E-state index contributed by atoms with van der Waals surface area (Å²) in [7, 11) is 0. The van der Waals surface area contributed by atoms with Crippen LogP contribution in [0.1, 0.15) is 23.2 Å². The normalized spacial score (nSPS) is 20.2. The number of piperazine rings is 1. The van der Waals surface area contributed by atoms with E-state index in [0.29, 0.717) is 31.7 Å². The van der Waals surface area contributed by atoms with Gasteiger partial charge in [-0.3, -0.25) is 19.7 Å². The first-order valence-corrected chi connectivity index (χ1v) is 8.28. The average Bonchev–Trinajstić information content (AvgIpc) is 2.97. The van der Waals surface area contributed by atoms with Gasteiger partial charge in [0.25, 0.3) is 11.8 Å². The summed E-state index contributed by atoms with van der Waals surface area (Å²) in [6.45, 7) is 1.92. The Hall–Kier alpha value is -2.90. The number of amides is 5. The standard InChI is InChI=1S/C17H20N4O4/c22-14(7-6-13-15(23)19-17(25)18-13)20-8-10-21(11-9-20)16(24)12-4-2-1-3-5-12/h1-5,13H,6-11H2,(H2,18,19,23,25)/t13-/m1/s1. The van der Waals surface area contributed by atoms with E-state index in [0.717, 1.165) is 0 Å². The van der Waals surface area contributed by atoms with Crippen molar-refractivity contribution in [3.63, 3.8) is 0 Å². The van der Waals surface area contributed by atoms with Gasteiger partial charge in [0.05, 0.1) is 0 Å².